The summed E-state index contributed by atoms with van der Waals surface area (Å²) in [5.41, 5.74) is 12.5. The van der Waals surface area contributed by atoms with Crippen molar-refractivity contribution in [1.29, 1.82) is 0 Å². The number of hydrogen-bond acceptors (Lipinski definition) is 2. The highest BCUT2D eigenvalue weighted by molar-refractivity contribution is 6.09. The van der Waals surface area contributed by atoms with Gasteiger partial charge in [-0.1, -0.05) is 158 Å². The molecule has 0 bridgehead atoms. The van der Waals surface area contributed by atoms with Gasteiger partial charge in [-0.15, -0.1) is 0 Å². The lowest BCUT2D eigenvalue weighted by Crippen LogP contribution is -2.32. The van der Waals surface area contributed by atoms with Crippen molar-refractivity contribution < 1.29 is 4.74 Å². The SMILES string of the molecule is c1ccc(-c2cccc(N(c3ccc4c(c3)Oc3ccccc3C43c4ccccc4-c4ccccc43)c3ccc4ccc5ccccc5c4c3)c2)cc1. The van der Waals surface area contributed by atoms with Crippen LogP contribution in [0.15, 0.2) is 200 Å². The van der Waals surface area contributed by atoms with E-state index in [0.717, 1.165) is 34.1 Å². The van der Waals surface area contributed by atoms with Crippen LogP contribution in [0.25, 0.3) is 43.8 Å². The smallest absolute Gasteiger partial charge is 0.134 e. The van der Waals surface area contributed by atoms with Crippen molar-refractivity contribution >= 4 is 38.6 Å². The monoisotopic (exact) mass is 675 g/mol. The maximum absolute atomic E-state index is 6.95. The second-order valence-electron chi connectivity index (χ2n) is 14.1. The van der Waals surface area contributed by atoms with Crippen LogP contribution in [-0.4, -0.2) is 0 Å². The first-order valence-electron chi connectivity index (χ1n) is 18.3. The quantitative estimate of drug-likeness (QED) is 0.172. The molecule has 1 aliphatic carbocycles. The fourth-order valence-electron chi connectivity index (χ4n) is 9.02. The molecule has 53 heavy (non-hydrogen) atoms. The lowest BCUT2D eigenvalue weighted by Gasteiger charge is -2.40. The van der Waals surface area contributed by atoms with Gasteiger partial charge in [-0.3, -0.25) is 0 Å². The van der Waals surface area contributed by atoms with Crippen LogP contribution in [0, 0.1) is 0 Å². The Hall–Kier alpha value is -6.90. The minimum Gasteiger partial charge on any atom is -0.457 e. The largest absolute Gasteiger partial charge is 0.457 e. The first-order valence-corrected chi connectivity index (χ1v) is 18.3. The Morgan fingerprint density at radius 3 is 1.72 bits per heavy atom. The lowest BCUT2D eigenvalue weighted by molar-refractivity contribution is 0.436. The standard InChI is InChI=1S/C51H33NO/c1-2-13-34(14-3-1)37-16-12-17-38(31-37)52(39-28-27-36-26-25-35-15-4-5-18-41(35)44(36)32-39)40-29-30-48-50(33-40)53-49-24-11-10-23-47(49)51(48)45-21-8-6-19-42(45)43-20-7-9-22-46(43)51/h1-33H. The maximum Gasteiger partial charge on any atom is 0.134 e. The predicted octanol–water partition coefficient (Wildman–Crippen LogP) is 13.6. The molecule has 2 nitrogen and oxygen atoms in total. The highest BCUT2D eigenvalue weighted by atomic mass is 16.5. The molecule has 248 valence electrons. The summed E-state index contributed by atoms with van der Waals surface area (Å²) in [5, 5.41) is 4.93. The van der Waals surface area contributed by atoms with Gasteiger partial charge in [0.25, 0.3) is 0 Å². The van der Waals surface area contributed by atoms with Gasteiger partial charge in [0.15, 0.2) is 0 Å². The van der Waals surface area contributed by atoms with Crippen molar-refractivity contribution in [2.45, 2.75) is 5.41 Å². The highest BCUT2D eigenvalue weighted by Crippen LogP contribution is 2.62. The van der Waals surface area contributed by atoms with E-state index in [1.807, 2.05) is 0 Å². The average molecular weight is 676 g/mol. The molecule has 2 aliphatic rings. The minimum atomic E-state index is -0.504. The summed E-state index contributed by atoms with van der Waals surface area (Å²) >= 11 is 0. The zero-order chi connectivity index (χ0) is 34.9. The number of ether oxygens (including phenoxy) is 1. The first-order chi connectivity index (χ1) is 26.3. The molecule has 0 unspecified atom stereocenters. The van der Waals surface area contributed by atoms with E-state index >= 15 is 0 Å². The topological polar surface area (TPSA) is 12.5 Å². The molecule has 9 aromatic carbocycles. The number of hydrogen-bond donors (Lipinski definition) is 0. The summed E-state index contributed by atoms with van der Waals surface area (Å²) in [6, 6.07) is 72.6. The van der Waals surface area contributed by atoms with Gasteiger partial charge in [0, 0.05) is 34.3 Å². The van der Waals surface area contributed by atoms with Crippen LogP contribution in [-0.2, 0) is 5.41 Å². The van der Waals surface area contributed by atoms with Crippen LogP contribution >= 0.6 is 0 Å². The summed E-state index contributed by atoms with van der Waals surface area (Å²) < 4.78 is 6.95. The molecule has 0 N–H and O–H groups in total. The Morgan fingerprint density at radius 2 is 0.906 bits per heavy atom. The van der Waals surface area contributed by atoms with Crippen molar-refractivity contribution in [2.24, 2.45) is 0 Å². The Bertz CT molecular complexity index is 2840. The van der Waals surface area contributed by atoms with Gasteiger partial charge in [0.2, 0.25) is 0 Å². The summed E-state index contributed by atoms with van der Waals surface area (Å²) in [5.74, 6) is 1.75. The van der Waals surface area contributed by atoms with Gasteiger partial charge in [-0.25, -0.2) is 0 Å². The molecule has 11 rings (SSSR count). The summed E-state index contributed by atoms with van der Waals surface area (Å²) in [6.45, 7) is 0. The molecule has 0 saturated heterocycles. The number of nitrogens with zero attached hydrogens (tertiary/aromatic N) is 1. The van der Waals surface area contributed by atoms with Crippen molar-refractivity contribution in [1.82, 2.24) is 0 Å². The molecule has 0 amide bonds. The molecule has 0 fully saturated rings. The predicted molar refractivity (Wildman–Crippen MR) is 219 cm³/mol. The molecule has 0 radical (unpaired) electrons. The van der Waals surface area contributed by atoms with Gasteiger partial charge in [-0.2, -0.15) is 0 Å². The van der Waals surface area contributed by atoms with E-state index in [4.69, 9.17) is 4.74 Å². The third kappa shape index (κ3) is 4.39. The number of para-hydroxylation sites is 1. The zero-order valence-corrected chi connectivity index (χ0v) is 28.9. The second-order valence-corrected chi connectivity index (χ2v) is 14.1. The van der Waals surface area contributed by atoms with Crippen molar-refractivity contribution in [3.8, 4) is 33.8 Å². The summed E-state index contributed by atoms with van der Waals surface area (Å²) in [4.78, 5) is 2.38. The van der Waals surface area contributed by atoms with Crippen molar-refractivity contribution in [3.05, 3.63) is 222 Å². The van der Waals surface area contributed by atoms with Gasteiger partial charge in [-0.05, 0) is 91.3 Å². The molecule has 1 spiro atoms. The van der Waals surface area contributed by atoms with Crippen molar-refractivity contribution in [2.75, 3.05) is 4.90 Å². The molecule has 0 aromatic heterocycles. The number of rotatable bonds is 4. The summed E-state index contributed by atoms with van der Waals surface area (Å²) in [7, 11) is 0. The molecule has 2 heteroatoms. The van der Waals surface area contributed by atoms with Gasteiger partial charge >= 0.3 is 0 Å². The van der Waals surface area contributed by atoms with E-state index in [1.54, 1.807) is 0 Å². The molecule has 0 saturated carbocycles. The third-order valence-corrected chi connectivity index (χ3v) is 11.3. The average Bonchev–Trinajstić information content (AvgIpc) is 3.52. The number of benzene rings is 9. The second kappa shape index (κ2) is 11.6. The van der Waals surface area contributed by atoms with Crippen LogP contribution in [0.4, 0.5) is 17.1 Å². The third-order valence-electron chi connectivity index (χ3n) is 11.3. The van der Waals surface area contributed by atoms with Crippen LogP contribution in [0.2, 0.25) is 0 Å². The lowest BCUT2D eigenvalue weighted by atomic mass is 9.66. The Labute approximate surface area is 308 Å². The maximum atomic E-state index is 6.95. The Morgan fingerprint density at radius 1 is 0.340 bits per heavy atom. The van der Waals surface area contributed by atoms with Crippen LogP contribution in [0.5, 0.6) is 11.5 Å². The Kier molecular flexibility index (Phi) is 6.50. The van der Waals surface area contributed by atoms with Crippen molar-refractivity contribution in [3.63, 3.8) is 0 Å². The van der Waals surface area contributed by atoms with Crippen LogP contribution in [0.3, 0.4) is 0 Å². The van der Waals surface area contributed by atoms with Gasteiger partial charge in [0.1, 0.15) is 11.5 Å². The van der Waals surface area contributed by atoms with E-state index in [1.165, 1.54) is 60.5 Å². The molecule has 9 aromatic rings. The van der Waals surface area contributed by atoms with Crippen LogP contribution in [0.1, 0.15) is 22.3 Å². The molecule has 1 heterocycles. The van der Waals surface area contributed by atoms with E-state index in [-0.39, 0.29) is 0 Å². The fraction of sp³-hybridized carbons (Fsp3) is 0.0196. The van der Waals surface area contributed by atoms with E-state index in [9.17, 15) is 0 Å². The molecular weight excluding hydrogens is 643 g/mol. The van der Waals surface area contributed by atoms with Gasteiger partial charge in [0.05, 0.1) is 5.41 Å². The van der Waals surface area contributed by atoms with E-state index in [2.05, 4.69) is 205 Å². The van der Waals surface area contributed by atoms with E-state index < -0.39 is 5.41 Å². The highest BCUT2D eigenvalue weighted by Gasteiger charge is 2.51. The zero-order valence-electron chi connectivity index (χ0n) is 28.9. The van der Waals surface area contributed by atoms with E-state index in [0.29, 0.717) is 0 Å². The minimum absolute atomic E-state index is 0.504. The molecule has 1 aliphatic heterocycles. The molecular formula is C51H33NO. The Balaban J connectivity index is 1.16. The number of fused-ring (bicyclic) bond motifs is 12. The fourth-order valence-corrected chi connectivity index (χ4v) is 9.02. The normalized spacial score (nSPS) is 13.2. The number of anilines is 3. The first kappa shape index (κ1) is 29.8. The van der Waals surface area contributed by atoms with Gasteiger partial charge < -0.3 is 9.64 Å². The molecule has 0 atom stereocenters. The van der Waals surface area contributed by atoms with Crippen LogP contribution < -0.4 is 9.64 Å². The summed E-state index contributed by atoms with van der Waals surface area (Å²) in [6.07, 6.45) is 0.